The van der Waals surface area contributed by atoms with E-state index in [4.69, 9.17) is 0 Å². The summed E-state index contributed by atoms with van der Waals surface area (Å²) in [5.41, 5.74) is 3.18. The van der Waals surface area contributed by atoms with Gasteiger partial charge in [-0.05, 0) is 55.2 Å². The topological polar surface area (TPSA) is 12.0 Å². The van der Waals surface area contributed by atoms with Gasteiger partial charge in [-0.1, -0.05) is 43.5 Å². The van der Waals surface area contributed by atoms with Crippen LogP contribution in [-0.2, 0) is 0 Å². The number of hydrogen-bond acceptors (Lipinski definition) is 1. The van der Waals surface area contributed by atoms with E-state index in [-0.39, 0.29) is 0 Å². The maximum atomic E-state index is 3.53. The van der Waals surface area contributed by atoms with Gasteiger partial charge in [-0.3, -0.25) is 0 Å². The van der Waals surface area contributed by atoms with E-state index in [1.54, 1.807) is 11.1 Å². The number of nitrogens with one attached hydrogen (secondary N) is 1. The molecule has 1 saturated heterocycles. The smallest absolute Gasteiger partial charge is 0.00201 e. The Kier molecular flexibility index (Phi) is 3.99. The fraction of sp³-hybridized carbons (Fsp3) is 0.647. The molecule has 1 aliphatic heterocycles. The maximum absolute atomic E-state index is 3.53. The maximum Gasteiger partial charge on any atom is 0.00201 e. The summed E-state index contributed by atoms with van der Waals surface area (Å²) in [5.74, 6) is 1.59. The number of hydrogen-bond donors (Lipinski definition) is 1. The van der Waals surface area contributed by atoms with Crippen molar-refractivity contribution >= 4 is 0 Å². The van der Waals surface area contributed by atoms with Crippen LogP contribution in [0.3, 0.4) is 0 Å². The molecule has 1 aromatic rings. The summed E-state index contributed by atoms with van der Waals surface area (Å²) >= 11 is 0. The average Bonchev–Trinajstić information content (AvgIpc) is 2.49. The van der Waals surface area contributed by atoms with E-state index in [2.05, 4.69) is 29.6 Å². The van der Waals surface area contributed by atoms with Crippen molar-refractivity contribution in [3.63, 3.8) is 0 Å². The Bertz CT molecular complexity index is 340. The van der Waals surface area contributed by atoms with Crippen molar-refractivity contribution in [3.05, 3.63) is 35.4 Å². The minimum Gasteiger partial charge on any atom is -0.316 e. The van der Waals surface area contributed by atoms with Crippen molar-refractivity contribution in [2.45, 2.75) is 56.8 Å². The minimum atomic E-state index is 0.752. The first kappa shape index (κ1) is 12.2. The van der Waals surface area contributed by atoms with Gasteiger partial charge in [0.25, 0.3) is 0 Å². The third-order valence-corrected chi connectivity index (χ3v) is 4.76. The van der Waals surface area contributed by atoms with Gasteiger partial charge in [0.05, 0.1) is 0 Å². The highest BCUT2D eigenvalue weighted by molar-refractivity contribution is 5.29. The lowest BCUT2D eigenvalue weighted by atomic mass is 9.82. The molecule has 0 aromatic heterocycles. The van der Waals surface area contributed by atoms with Gasteiger partial charge in [0.1, 0.15) is 0 Å². The Morgan fingerprint density at radius 3 is 2.28 bits per heavy atom. The van der Waals surface area contributed by atoms with Crippen LogP contribution in [-0.4, -0.2) is 13.1 Å². The molecular weight excluding hydrogens is 218 g/mol. The Labute approximate surface area is 111 Å². The van der Waals surface area contributed by atoms with Crippen molar-refractivity contribution < 1.29 is 0 Å². The molecule has 0 radical (unpaired) electrons. The molecule has 1 saturated carbocycles. The van der Waals surface area contributed by atoms with Crippen molar-refractivity contribution in [2.24, 2.45) is 0 Å². The van der Waals surface area contributed by atoms with Gasteiger partial charge in [-0.15, -0.1) is 0 Å². The highest BCUT2D eigenvalue weighted by Gasteiger charge is 2.18. The van der Waals surface area contributed by atoms with Gasteiger partial charge >= 0.3 is 0 Å². The van der Waals surface area contributed by atoms with E-state index >= 15 is 0 Å². The van der Waals surface area contributed by atoms with Crippen LogP contribution >= 0.6 is 0 Å². The third kappa shape index (κ3) is 2.77. The summed E-state index contributed by atoms with van der Waals surface area (Å²) < 4.78 is 0. The van der Waals surface area contributed by atoms with Crippen LogP contribution in [0, 0.1) is 0 Å². The molecule has 1 heterocycles. The number of piperidine rings is 1. The summed E-state index contributed by atoms with van der Waals surface area (Å²) in [7, 11) is 0. The monoisotopic (exact) mass is 243 g/mol. The molecule has 1 atom stereocenters. The zero-order chi connectivity index (χ0) is 12.2. The largest absolute Gasteiger partial charge is 0.316 e. The predicted molar refractivity (Wildman–Crippen MR) is 77.1 cm³/mol. The molecule has 0 spiro atoms. The first-order valence-electron chi connectivity index (χ1n) is 7.74. The molecule has 18 heavy (non-hydrogen) atoms. The lowest BCUT2D eigenvalue weighted by Crippen LogP contribution is -2.28. The quantitative estimate of drug-likeness (QED) is 0.821. The van der Waals surface area contributed by atoms with Crippen molar-refractivity contribution in [1.29, 1.82) is 0 Å². The second-order valence-electron chi connectivity index (χ2n) is 6.05. The van der Waals surface area contributed by atoms with Gasteiger partial charge < -0.3 is 5.32 Å². The molecule has 3 rings (SSSR count). The lowest BCUT2D eigenvalue weighted by Gasteiger charge is -2.26. The Hall–Kier alpha value is -0.820. The Balaban J connectivity index is 1.75. The van der Waals surface area contributed by atoms with E-state index in [1.807, 2.05) is 0 Å². The highest BCUT2D eigenvalue weighted by Crippen LogP contribution is 2.34. The van der Waals surface area contributed by atoms with Crippen LogP contribution in [0.1, 0.15) is 67.9 Å². The summed E-state index contributed by atoms with van der Waals surface area (Å²) in [6.07, 6.45) is 9.82. The van der Waals surface area contributed by atoms with Crippen LogP contribution in [0.5, 0.6) is 0 Å². The molecule has 1 nitrogen and oxygen atoms in total. The molecule has 1 N–H and O–H groups in total. The van der Waals surface area contributed by atoms with Gasteiger partial charge in [-0.2, -0.15) is 0 Å². The summed E-state index contributed by atoms with van der Waals surface area (Å²) in [5, 5.41) is 3.53. The van der Waals surface area contributed by atoms with Crippen LogP contribution in [0.25, 0.3) is 0 Å². The van der Waals surface area contributed by atoms with E-state index in [1.165, 1.54) is 58.0 Å². The van der Waals surface area contributed by atoms with Crippen LogP contribution in [0.4, 0.5) is 0 Å². The molecule has 0 amide bonds. The summed E-state index contributed by atoms with van der Waals surface area (Å²) in [4.78, 5) is 0. The molecule has 1 unspecified atom stereocenters. The second kappa shape index (κ2) is 5.88. The van der Waals surface area contributed by atoms with Gasteiger partial charge in [0, 0.05) is 6.54 Å². The zero-order valence-corrected chi connectivity index (χ0v) is 11.3. The van der Waals surface area contributed by atoms with Crippen molar-refractivity contribution in [1.82, 2.24) is 5.32 Å². The fourth-order valence-corrected chi connectivity index (χ4v) is 3.64. The normalized spacial score (nSPS) is 26.1. The third-order valence-electron chi connectivity index (χ3n) is 4.76. The summed E-state index contributed by atoms with van der Waals surface area (Å²) in [6.45, 7) is 2.38. The molecule has 1 heteroatoms. The molecule has 0 bridgehead atoms. The van der Waals surface area contributed by atoms with Crippen LogP contribution < -0.4 is 5.32 Å². The first-order valence-corrected chi connectivity index (χ1v) is 7.74. The van der Waals surface area contributed by atoms with Gasteiger partial charge in [-0.25, -0.2) is 0 Å². The van der Waals surface area contributed by atoms with Crippen LogP contribution in [0.15, 0.2) is 24.3 Å². The molecular formula is C17H25N. The predicted octanol–water partition coefficient (Wildman–Crippen LogP) is 4.20. The molecule has 1 aromatic carbocycles. The molecule has 98 valence electrons. The molecule has 1 aliphatic carbocycles. The average molecular weight is 243 g/mol. The van der Waals surface area contributed by atoms with E-state index < -0.39 is 0 Å². The fourth-order valence-electron chi connectivity index (χ4n) is 3.64. The Morgan fingerprint density at radius 2 is 1.56 bits per heavy atom. The standard InChI is InChI=1S/C17H25N/c1-2-6-14(7-3-1)15-8-4-9-16(12-15)17-10-5-11-18-13-17/h4,8-9,12,14,17-18H,1-3,5-7,10-11,13H2. The van der Waals surface area contributed by atoms with E-state index in [0.717, 1.165) is 11.8 Å². The van der Waals surface area contributed by atoms with Gasteiger partial charge in [0.2, 0.25) is 0 Å². The molecule has 2 fully saturated rings. The second-order valence-corrected chi connectivity index (χ2v) is 6.05. The molecule has 2 aliphatic rings. The SMILES string of the molecule is c1cc(C2CCCCC2)cc(C2CCCNC2)c1. The first-order chi connectivity index (χ1) is 8.93. The van der Waals surface area contributed by atoms with E-state index in [0.29, 0.717) is 0 Å². The van der Waals surface area contributed by atoms with Gasteiger partial charge in [0.15, 0.2) is 0 Å². The Morgan fingerprint density at radius 1 is 0.833 bits per heavy atom. The lowest BCUT2D eigenvalue weighted by molar-refractivity contribution is 0.440. The highest BCUT2D eigenvalue weighted by atomic mass is 14.9. The zero-order valence-electron chi connectivity index (χ0n) is 11.3. The van der Waals surface area contributed by atoms with Crippen LogP contribution in [0.2, 0.25) is 0 Å². The van der Waals surface area contributed by atoms with Crippen molar-refractivity contribution in [3.8, 4) is 0 Å². The van der Waals surface area contributed by atoms with Crippen molar-refractivity contribution in [2.75, 3.05) is 13.1 Å². The minimum absolute atomic E-state index is 0.752. The summed E-state index contributed by atoms with van der Waals surface area (Å²) in [6, 6.07) is 9.49. The number of rotatable bonds is 2. The van der Waals surface area contributed by atoms with E-state index in [9.17, 15) is 0 Å². The number of benzene rings is 1.